The summed E-state index contributed by atoms with van der Waals surface area (Å²) in [6, 6.07) is 12.7. The van der Waals surface area contributed by atoms with E-state index in [1.807, 2.05) is 37.3 Å². The minimum atomic E-state index is -1.00. The van der Waals surface area contributed by atoms with Crippen LogP contribution < -0.4 is 10.6 Å². The minimum Gasteiger partial charge on any atom is -0.444 e. The van der Waals surface area contributed by atoms with E-state index >= 15 is 0 Å². The zero-order chi connectivity index (χ0) is 29.7. The fourth-order valence-corrected chi connectivity index (χ4v) is 4.46. The molecule has 0 aromatic heterocycles. The lowest BCUT2D eigenvalue weighted by Gasteiger charge is -2.34. The quantitative estimate of drug-likeness (QED) is 0.214. The number of hydrogen-bond donors (Lipinski definition) is 2. The first-order chi connectivity index (χ1) is 19.0. The highest BCUT2D eigenvalue weighted by atomic mass is 16.6. The Balaban J connectivity index is 2.46. The topological polar surface area (TPSA) is 87.7 Å². The van der Waals surface area contributed by atoms with Gasteiger partial charge in [0.25, 0.3) is 5.91 Å². The van der Waals surface area contributed by atoms with Crippen LogP contribution in [-0.4, -0.2) is 41.0 Å². The molecule has 2 rings (SSSR count). The minimum absolute atomic E-state index is 0.329. The van der Waals surface area contributed by atoms with E-state index in [0.717, 1.165) is 37.7 Å². The summed E-state index contributed by atoms with van der Waals surface area (Å²) >= 11 is 0. The van der Waals surface area contributed by atoms with Gasteiger partial charge in [-0.2, -0.15) is 0 Å². The number of ether oxygens (including phenoxy) is 1. The van der Waals surface area contributed by atoms with Crippen LogP contribution in [0.4, 0.5) is 10.5 Å². The van der Waals surface area contributed by atoms with E-state index in [9.17, 15) is 14.4 Å². The molecule has 0 radical (unpaired) electrons. The molecule has 2 atom stereocenters. The van der Waals surface area contributed by atoms with Gasteiger partial charge >= 0.3 is 6.09 Å². The number of hydrogen-bond acceptors (Lipinski definition) is 4. The van der Waals surface area contributed by atoms with Crippen LogP contribution in [0.3, 0.4) is 0 Å². The molecular formula is C33H45N3O4. The summed E-state index contributed by atoms with van der Waals surface area (Å²) in [6.07, 6.45) is 11.2. The van der Waals surface area contributed by atoms with Crippen LogP contribution in [0.15, 0.2) is 48.5 Å². The lowest BCUT2D eigenvalue weighted by Crippen LogP contribution is -2.51. The number of carbonyl (C=O) groups is 3. The Morgan fingerprint density at radius 3 is 2.25 bits per heavy atom. The average molecular weight is 548 g/mol. The van der Waals surface area contributed by atoms with Gasteiger partial charge in [-0.1, -0.05) is 81.3 Å². The number of aryl methyl sites for hydroxylation is 1. The summed E-state index contributed by atoms with van der Waals surface area (Å²) in [5, 5.41) is 5.65. The lowest BCUT2D eigenvalue weighted by atomic mass is 9.97. The van der Waals surface area contributed by atoms with E-state index in [2.05, 4.69) is 23.5 Å². The van der Waals surface area contributed by atoms with Crippen LogP contribution in [-0.2, 0) is 14.3 Å². The number of nitrogens with one attached hydrogen (secondary N) is 2. The predicted octanol–water partition coefficient (Wildman–Crippen LogP) is 6.76. The van der Waals surface area contributed by atoms with Gasteiger partial charge in [0.15, 0.2) is 0 Å². The molecule has 0 saturated heterocycles. The summed E-state index contributed by atoms with van der Waals surface area (Å²) < 4.78 is 5.37. The van der Waals surface area contributed by atoms with E-state index in [0.29, 0.717) is 29.8 Å². The first-order valence-corrected chi connectivity index (χ1v) is 14.2. The number of alkyl carbamates (subject to hydrolysis) is 1. The van der Waals surface area contributed by atoms with Crippen molar-refractivity contribution in [2.24, 2.45) is 0 Å². The molecule has 40 heavy (non-hydrogen) atoms. The fraction of sp³-hybridized carbons (Fsp3) is 0.485. The summed E-state index contributed by atoms with van der Waals surface area (Å²) in [4.78, 5) is 42.0. The molecule has 3 amide bonds. The molecule has 0 aliphatic heterocycles. The molecule has 0 spiro atoms. The number of benzene rings is 2. The summed E-state index contributed by atoms with van der Waals surface area (Å²) in [5.41, 5.74) is 1.92. The van der Waals surface area contributed by atoms with Crippen molar-refractivity contribution in [2.45, 2.75) is 97.8 Å². The second kappa shape index (κ2) is 15.7. The Kier molecular flexibility index (Phi) is 12.7. The second-order valence-electron chi connectivity index (χ2n) is 11.1. The number of nitrogens with zero attached hydrogens (tertiary/aromatic N) is 1. The standard InChI is InChI=1S/C33H45N3O4/c1-8-10-11-12-13-18-23-36(31(38)25(4)34-32(39)40-33(5,6)7)29(27-21-16-15-20-26(27)9-2)30(37)35-28-22-17-14-19-24(28)3/h2,14-17,19-22,25,29H,8,10-13,18,23H2,1,3-7H3,(H,34,39)(H,35,37). The number of anilines is 1. The van der Waals surface area contributed by atoms with Crippen molar-refractivity contribution in [3.05, 3.63) is 65.2 Å². The number of amides is 3. The third kappa shape index (κ3) is 10.1. The Hall–Kier alpha value is -3.79. The summed E-state index contributed by atoms with van der Waals surface area (Å²) in [6.45, 7) is 11.3. The Labute approximate surface area is 240 Å². The number of terminal acetylenes is 1. The number of carbonyl (C=O) groups excluding carboxylic acids is 3. The maximum Gasteiger partial charge on any atom is 0.408 e. The van der Waals surface area contributed by atoms with E-state index in [4.69, 9.17) is 11.2 Å². The average Bonchev–Trinajstić information content (AvgIpc) is 2.89. The van der Waals surface area contributed by atoms with Gasteiger partial charge < -0.3 is 20.3 Å². The third-order valence-electron chi connectivity index (χ3n) is 6.51. The molecule has 2 unspecified atom stereocenters. The van der Waals surface area contributed by atoms with Gasteiger partial charge in [-0.25, -0.2) is 4.79 Å². The van der Waals surface area contributed by atoms with Crippen molar-refractivity contribution in [1.29, 1.82) is 0 Å². The molecule has 0 heterocycles. The molecule has 0 aliphatic carbocycles. The molecule has 7 heteroatoms. The molecule has 7 nitrogen and oxygen atoms in total. The van der Waals surface area contributed by atoms with Gasteiger partial charge in [0, 0.05) is 17.8 Å². The molecule has 0 saturated carbocycles. The molecule has 0 bridgehead atoms. The van der Waals surface area contributed by atoms with Gasteiger partial charge in [-0.05, 0) is 64.3 Å². The van der Waals surface area contributed by atoms with Crippen molar-refractivity contribution in [2.75, 3.05) is 11.9 Å². The molecular weight excluding hydrogens is 502 g/mol. The molecule has 2 aromatic rings. The predicted molar refractivity (Wildman–Crippen MR) is 161 cm³/mol. The number of para-hydroxylation sites is 1. The van der Waals surface area contributed by atoms with Crippen molar-refractivity contribution in [1.82, 2.24) is 10.2 Å². The molecule has 0 fully saturated rings. The summed E-state index contributed by atoms with van der Waals surface area (Å²) in [5.74, 6) is 1.90. The fourth-order valence-electron chi connectivity index (χ4n) is 4.46. The Morgan fingerprint density at radius 2 is 1.60 bits per heavy atom. The second-order valence-corrected chi connectivity index (χ2v) is 11.1. The van der Waals surface area contributed by atoms with Gasteiger partial charge in [0.05, 0.1) is 0 Å². The zero-order valence-electron chi connectivity index (χ0n) is 24.9. The smallest absolute Gasteiger partial charge is 0.408 e. The van der Waals surface area contributed by atoms with Crippen molar-refractivity contribution in [3.63, 3.8) is 0 Å². The maximum absolute atomic E-state index is 14.0. The van der Waals surface area contributed by atoms with Crippen molar-refractivity contribution < 1.29 is 19.1 Å². The monoisotopic (exact) mass is 547 g/mol. The normalized spacial score (nSPS) is 12.5. The van der Waals surface area contributed by atoms with Gasteiger partial charge in [-0.3, -0.25) is 9.59 Å². The van der Waals surface area contributed by atoms with Gasteiger partial charge in [-0.15, -0.1) is 6.42 Å². The number of rotatable bonds is 13. The van der Waals surface area contributed by atoms with Crippen molar-refractivity contribution >= 4 is 23.6 Å². The number of unbranched alkanes of at least 4 members (excludes halogenated alkanes) is 5. The largest absolute Gasteiger partial charge is 0.444 e. The first-order valence-electron chi connectivity index (χ1n) is 14.2. The Morgan fingerprint density at radius 1 is 0.975 bits per heavy atom. The summed E-state index contributed by atoms with van der Waals surface area (Å²) in [7, 11) is 0. The van der Waals surface area contributed by atoms with Crippen LogP contribution in [0.5, 0.6) is 0 Å². The van der Waals surface area contributed by atoms with E-state index in [1.54, 1.807) is 50.8 Å². The highest BCUT2D eigenvalue weighted by Gasteiger charge is 2.35. The van der Waals surface area contributed by atoms with Crippen LogP contribution in [0.25, 0.3) is 0 Å². The van der Waals surface area contributed by atoms with Crippen LogP contribution in [0.2, 0.25) is 0 Å². The third-order valence-corrected chi connectivity index (χ3v) is 6.51. The van der Waals surface area contributed by atoms with E-state index in [1.165, 1.54) is 0 Å². The molecule has 2 N–H and O–H groups in total. The molecule has 0 aliphatic rings. The van der Waals surface area contributed by atoms with Crippen LogP contribution in [0.1, 0.15) is 95.9 Å². The Bertz CT molecular complexity index is 1180. The zero-order valence-corrected chi connectivity index (χ0v) is 24.9. The van der Waals surface area contributed by atoms with E-state index < -0.39 is 29.7 Å². The lowest BCUT2D eigenvalue weighted by molar-refractivity contribution is -0.140. The van der Waals surface area contributed by atoms with Gasteiger partial charge in [0.2, 0.25) is 5.91 Å². The first kappa shape index (κ1) is 32.4. The molecule has 216 valence electrons. The maximum atomic E-state index is 14.0. The molecule has 2 aromatic carbocycles. The highest BCUT2D eigenvalue weighted by Crippen LogP contribution is 2.28. The highest BCUT2D eigenvalue weighted by molar-refractivity contribution is 5.99. The van der Waals surface area contributed by atoms with Crippen LogP contribution >= 0.6 is 0 Å². The SMILES string of the molecule is C#Cc1ccccc1C(C(=O)Nc1ccccc1C)N(CCCCCCCC)C(=O)C(C)NC(=O)OC(C)(C)C. The van der Waals surface area contributed by atoms with E-state index in [-0.39, 0.29) is 5.91 Å². The van der Waals surface area contributed by atoms with Crippen molar-refractivity contribution in [3.8, 4) is 12.3 Å². The van der Waals surface area contributed by atoms with Gasteiger partial charge in [0.1, 0.15) is 17.7 Å². The van der Waals surface area contributed by atoms with Crippen LogP contribution in [0, 0.1) is 19.3 Å².